The molecule has 4 heteroatoms. The number of nitrogens with one attached hydrogen (secondary N) is 2. The second-order valence-corrected chi connectivity index (χ2v) is 6.93. The van der Waals surface area contributed by atoms with Crippen LogP contribution < -0.4 is 10.6 Å². The molecule has 1 aliphatic rings. The standard InChI is InChI=1S/C16H23BrN2O/c1-12(11-13-3-5-14(17)6-4-13)19-15(20)16(2)7-9-18-10-8-16/h3-6,12,18H,7-11H2,1-2H3,(H,19,20). The molecule has 3 nitrogen and oxygen atoms in total. The molecule has 1 aliphatic heterocycles. The van der Waals surface area contributed by atoms with E-state index in [1.807, 2.05) is 12.1 Å². The SMILES string of the molecule is CC(Cc1ccc(Br)cc1)NC(=O)C1(C)CCNCC1. The number of amides is 1. The summed E-state index contributed by atoms with van der Waals surface area (Å²) in [7, 11) is 0. The summed E-state index contributed by atoms with van der Waals surface area (Å²) in [6.07, 6.45) is 2.71. The Hall–Kier alpha value is -0.870. The zero-order valence-electron chi connectivity index (χ0n) is 12.2. The lowest BCUT2D eigenvalue weighted by Crippen LogP contribution is -2.48. The zero-order valence-corrected chi connectivity index (χ0v) is 13.8. The van der Waals surface area contributed by atoms with Gasteiger partial charge in [-0.3, -0.25) is 4.79 Å². The lowest BCUT2D eigenvalue weighted by Gasteiger charge is -2.33. The van der Waals surface area contributed by atoms with Gasteiger partial charge in [-0.15, -0.1) is 0 Å². The number of carbonyl (C=O) groups is 1. The van der Waals surface area contributed by atoms with Crippen LogP contribution >= 0.6 is 15.9 Å². The van der Waals surface area contributed by atoms with Crippen molar-refractivity contribution in [2.45, 2.75) is 39.2 Å². The van der Waals surface area contributed by atoms with E-state index in [9.17, 15) is 4.79 Å². The molecule has 110 valence electrons. The Bertz CT molecular complexity index is 452. The van der Waals surface area contributed by atoms with E-state index in [2.05, 4.69) is 52.5 Å². The molecule has 1 amide bonds. The third-order valence-corrected chi connectivity index (χ3v) is 4.62. The third kappa shape index (κ3) is 4.06. The maximum absolute atomic E-state index is 12.4. The monoisotopic (exact) mass is 338 g/mol. The van der Waals surface area contributed by atoms with Gasteiger partial charge in [0.25, 0.3) is 0 Å². The minimum atomic E-state index is -0.209. The lowest BCUT2D eigenvalue weighted by molar-refractivity contribution is -0.132. The molecule has 1 atom stereocenters. The Balaban J connectivity index is 1.88. The first-order valence-corrected chi connectivity index (χ1v) is 8.05. The van der Waals surface area contributed by atoms with Crippen LogP contribution in [0.5, 0.6) is 0 Å². The van der Waals surface area contributed by atoms with Crippen LogP contribution in [0.2, 0.25) is 0 Å². The van der Waals surface area contributed by atoms with Crippen molar-refractivity contribution >= 4 is 21.8 Å². The summed E-state index contributed by atoms with van der Waals surface area (Å²) in [5, 5.41) is 6.48. The highest BCUT2D eigenvalue weighted by Crippen LogP contribution is 2.28. The van der Waals surface area contributed by atoms with Gasteiger partial charge < -0.3 is 10.6 Å². The molecule has 0 saturated carbocycles. The highest BCUT2D eigenvalue weighted by atomic mass is 79.9. The normalized spacial score (nSPS) is 19.4. The fourth-order valence-electron chi connectivity index (χ4n) is 2.63. The predicted octanol–water partition coefficient (Wildman–Crippen LogP) is 2.89. The summed E-state index contributed by atoms with van der Waals surface area (Å²) in [6.45, 7) is 6.02. The van der Waals surface area contributed by atoms with E-state index in [0.29, 0.717) is 0 Å². The van der Waals surface area contributed by atoms with Gasteiger partial charge in [0.15, 0.2) is 0 Å². The maximum atomic E-state index is 12.4. The van der Waals surface area contributed by atoms with E-state index in [-0.39, 0.29) is 17.4 Å². The van der Waals surface area contributed by atoms with Crippen LogP contribution in [0.1, 0.15) is 32.3 Å². The van der Waals surface area contributed by atoms with Crippen LogP contribution in [0, 0.1) is 5.41 Å². The first-order valence-electron chi connectivity index (χ1n) is 7.26. The molecule has 1 aromatic carbocycles. The molecule has 0 aliphatic carbocycles. The van der Waals surface area contributed by atoms with E-state index in [4.69, 9.17) is 0 Å². The van der Waals surface area contributed by atoms with Gasteiger partial charge in [-0.05, 0) is 57.0 Å². The van der Waals surface area contributed by atoms with E-state index >= 15 is 0 Å². The van der Waals surface area contributed by atoms with Crippen LogP contribution in [0.3, 0.4) is 0 Å². The number of benzene rings is 1. The number of piperidine rings is 1. The molecule has 1 heterocycles. The summed E-state index contributed by atoms with van der Waals surface area (Å²) in [6, 6.07) is 8.43. The van der Waals surface area contributed by atoms with Crippen LogP contribution in [-0.4, -0.2) is 25.0 Å². The highest BCUT2D eigenvalue weighted by Gasteiger charge is 2.34. The van der Waals surface area contributed by atoms with Gasteiger partial charge in [-0.1, -0.05) is 35.0 Å². The van der Waals surface area contributed by atoms with Crippen molar-refractivity contribution < 1.29 is 4.79 Å². The number of carbonyl (C=O) groups excluding carboxylic acids is 1. The van der Waals surface area contributed by atoms with Crippen molar-refractivity contribution in [1.29, 1.82) is 0 Å². The Morgan fingerprint density at radius 1 is 1.35 bits per heavy atom. The van der Waals surface area contributed by atoms with E-state index < -0.39 is 0 Å². The van der Waals surface area contributed by atoms with Crippen LogP contribution in [0.15, 0.2) is 28.7 Å². The molecular weight excluding hydrogens is 316 g/mol. The van der Waals surface area contributed by atoms with Gasteiger partial charge in [-0.2, -0.15) is 0 Å². The Morgan fingerprint density at radius 3 is 2.55 bits per heavy atom. The fraction of sp³-hybridized carbons (Fsp3) is 0.562. The zero-order chi connectivity index (χ0) is 14.6. The van der Waals surface area contributed by atoms with Gasteiger partial charge in [0.05, 0.1) is 0 Å². The summed E-state index contributed by atoms with van der Waals surface area (Å²) in [5.74, 6) is 0.198. The molecule has 20 heavy (non-hydrogen) atoms. The van der Waals surface area contributed by atoms with Crippen LogP contribution in [0.25, 0.3) is 0 Å². The molecular formula is C16H23BrN2O. The van der Waals surface area contributed by atoms with Gasteiger partial charge in [0, 0.05) is 15.9 Å². The predicted molar refractivity (Wildman–Crippen MR) is 85.7 cm³/mol. The Kier molecular flexibility index (Phi) is 5.22. The number of hydrogen-bond donors (Lipinski definition) is 2. The smallest absolute Gasteiger partial charge is 0.226 e. The fourth-order valence-corrected chi connectivity index (χ4v) is 2.89. The molecule has 0 bridgehead atoms. The van der Waals surface area contributed by atoms with E-state index in [0.717, 1.165) is 36.8 Å². The molecule has 0 aromatic heterocycles. The van der Waals surface area contributed by atoms with E-state index in [1.54, 1.807) is 0 Å². The summed E-state index contributed by atoms with van der Waals surface area (Å²) in [5.41, 5.74) is 1.04. The number of rotatable bonds is 4. The van der Waals surface area contributed by atoms with Crippen molar-refractivity contribution in [3.63, 3.8) is 0 Å². The molecule has 1 fully saturated rings. The molecule has 1 saturated heterocycles. The largest absolute Gasteiger partial charge is 0.353 e. The minimum Gasteiger partial charge on any atom is -0.353 e. The van der Waals surface area contributed by atoms with E-state index in [1.165, 1.54) is 5.56 Å². The number of halogens is 1. The van der Waals surface area contributed by atoms with Gasteiger partial charge in [-0.25, -0.2) is 0 Å². The average molecular weight is 339 g/mol. The van der Waals surface area contributed by atoms with Gasteiger partial charge in [0.1, 0.15) is 0 Å². The quantitative estimate of drug-likeness (QED) is 0.886. The first-order chi connectivity index (χ1) is 9.49. The Labute approximate surface area is 129 Å². The van der Waals surface area contributed by atoms with Crippen molar-refractivity contribution in [1.82, 2.24) is 10.6 Å². The lowest BCUT2D eigenvalue weighted by atomic mass is 9.80. The molecule has 1 unspecified atom stereocenters. The Morgan fingerprint density at radius 2 is 1.95 bits per heavy atom. The average Bonchev–Trinajstić information content (AvgIpc) is 2.42. The van der Waals surface area contributed by atoms with Crippen molar-refractivity contribution in [2.24, 2.45) is 5.41 Å². The molecule has 2 N–H and O–H groups in total. The van der Waals surface area contributed by atoms with Crippen molar-refractivity contribution in [3.05, 3.63) is 34.3 Å². The highest BCUT2D eigenvalue weighted by molar-refractivity contribution is 9.10. The second kappa shape index (κ2) is 6.72. The summed E-state index contributed by atoms with van der Waals surface area (Å²) >= 11 is 3.44. The summed E-state index contributed by atoms with van der Waals surface area (Å²) < 4.78 is 1.08. The maximum Gasteiger partial charge on any atom is 0.226 e. The number of hydrogen-bond acceptors (Lipinski definition) is 2. The molecule has 2 rings (SSSR count). The molecule has 0 radical (unpaired) electrons. The van der Waals surface area contributed by atoms with Gasteiger partial charge in [0.2, 0.25) is 5.91 Å². The van der Waals surface area contributed by atoms with Gasteiger partial charge >= 0.3 is 0 Å². The van der Waals surface area contributed by atoms with Crippen LogP contribution in [-0.2, 0) is 11.2 Å². The molecule has 0 spiro atoms. The van der Waals surface area contributed by atoms with Crippen molar-refractivity contribution in [3.8, 4) is 0 Å². The third-order valence-electron chi connectivity index (χ3n) is 4.09. The topological polar surface area (TPSA) is 41.1 Å². The summed E-state index contributed by atoms with van der Waals surface area (Å²) in [4.78, 5) is 12.4. The first kappa shape index (κ1) is 15.5. The minimum absolute atomic E-state index is 0.162. The molecule has 1 aromatic rings. The van der Waals surface area contributed by atoms with Crippen LogP contribution in [0.4, 0.5) is 0 Å². The second-order valence-electron chi connectivity index (χ2n) is 6.02. The van der Waals surface area contributed by atoms with Crippen molar-refractivity contribution in [2.75, 3.05) is 13.1 Å².